The summed E-state index contributed by atoms with van der Waals surface area (Å²) < 4.78 is 0. The minimum Gasteiger partial charge on any atom is -0.311 e. The zero-order valence-corrected chi connectivity index (χ0v) is 9.76. The molecule has 3 atom stereocenters. The summed E-state index contributed by atoms with van der Waals surface area (Å²) in [7, 11) is 0. The van der Waals surface area contributed by atoms with E-state index in [-0.39, 0.29) is 0 Å². The lowest BCUT2D eigenvalue weighted by molar-refractivity contribution is 0.415. The molecule has 1 heteroatoms. The van der Waals surface area contributed by atoms with Crippen molar-refractivity contribution in [2.24, 2.45) is 11.8 Å². The average Bonchev–Trinajstić information content (AvgIpc) is 2.71. The SMILES string of the molecule is CC(CCC1CCCC1)NC1CC1C. The van der Waals surface area contributed by atoms with Gasteiger partial charge in [-0.1, -0.05) is 32.6 Å². The third kappa shape index (κ3) is 2.98. The summed E-state index contributed by atoms with van der Waals surface area (Å²) in [4.78, 5) is 0. The first-order chi connectivity index (χ1) is 6.75. The molecule has 0 aromatic carbocycles. The second-order valence-corrected chi connectivity index (χ2v) is 5.62. The first-order valence-electron chi connectivity index (χ1n) is 6.51. The van der Waals surface area contributed by atoms with Gasteiger partial charge < -0.3 is 5.32 Å². The second kappa shape index (κ2) is 4.65. The molecule has 0 bridgehead atoms. The standard InChI is InChI=1S/C13H25N/c1-10-9-13(10)14-11(2)7-8-12-5-3-4-6-12/h10-14H,3-9H2,1-2H3. The van der Waals surface area contributed by atoms with E-state index in [0.29, 0.717) is 0 Å². The molecule has 0 heterocycles. The summed E-state index contributed by atoms with van der Waals surface area (Å²) in [6, 6.07) is 1.61. The lowest BCUT2D eigenvalue weighted by Crippen LogP contribution is -2.29. The second-order valence-electron chi connectivity index (χ2n) is 5.62. The van der Waals surface area contributed by atoms with Gasteiger partial charge in [0.05, 0.1) is 0 Å². The van der Waals surface area contributed by atoms with Crippen molar-refractivity contribution in [1.29, 1.82) is 0 Å². The molecule has 0 aliphatic heterocycles. The Kier molecular flexibility index (Phi) is 3.48. The van der Waals surface area contributed by atoms with Crippen LogP contribution in [-0.4, -0.2) is 12.1 Å². The molecule has 2 aliphatic carbocycles. The Bertz CT molecular complexity index is 172. The van der Waals surface area contributed by atoms with Crippen molar-refractivity contribution in [2.75, 3.05) is 0 Å². The van der Waals surface area contributed by atoms with Gasteiger partial charge in [0.25, 0.3) is 0 Å². The maximum atomic E-state index is 3.73. The van der Waals surface area contributed by atoms with Crippen LogP contribution in [0.25, 0.3) is 0 Å². The van der Waals surface area contributed by atoms with Crippen molar-refractivity contribution < 1.29 is 0 Å². The molecular formula is C13H25N. The van der Waals surface area contributed by atoms with Crippen LogP contribution in [0.5, 0.6) is 0 Å². The van der Waals surface area contributed by atoms with E-state index in [1.54, 1.807) is 0 Å². The fourth-order valence-electron chi connectivity index (χ4n) is 2.79. The first-order valence-corrected chi connectivity index (χ1v) is 6.51. The van der Waals surface area contributed by atoms with Gasteiger partial charge in [0.15, 0.2) is 0 Å². The molecule has 82 valence electrons. The van der Waals surface area contributed by atoms with Crippen molar-refractivity contribution in [3.05, 3.63) is 0 Å². The number of rotatable bonds is 5. The normalized spacial score (nSPS) is 34.7. The Morgan fingerprint density at radius 1 is 1.29 bits per heavy atom. The summed E-state index contributed by atoms with van der Waals surface area (Å²) in [5, 5.41) is 3.73. The largest absolute Gasteiger partial charge is 0.311 e. The van der Waals surface area contributed by atoms with Crippen LogP contribution < -0.4 is 5.32 Å². The van der Waals surface area contributed by atoms with Gasteiger partial charge in [0.1, 0.15) is 0 Å². The van der Waals surface area contributed by atoms with Crippen LogP contribution in [0.1, 0.15) is 58.8 Å². The van der Waals surface area contributed by atoms with Gasteiger partial charge in [0.2, 0.25) is 0 Å². The van der Waals surface area contributed by atoms with Gasteiger partial charge in [-0.2, -0.15) is 0 Å². The predicted octanol–water partition coefficient (Wildman–Crippen LogP) is 3.34. The molecule has 3 unspecified atom stereocenters. The van der Waals surface area contributed by atoms with Crippen LogP contribution >= 0.6 is 0 Å². The summed E-state index contributed by atoms with van der Waals surface area (Å²) in [5.74, 6) is 2.01. The van der Waals surface area contributed by atoms with Crippen molar-refractivity contribution in [3.8, 4) is 0 Å². The van der Waals surface area contributed by atoms with Gasteiger partial charge in [0, 0.05) is 12.1 Å². The van der Waals surface area contributed by atoms with E-state index in [4.69, 9.17) is 0 Å². The Morgan fingerprint density at radius 2 is 1.93 bits per heavy atom. The zero-order valence-electron chi connectivity index (χ0n) is 9.76. The van der Waals surface area contributed by atoms with E-state index < -0.39 is 0 Å². The molecule has 2 rings (SSSR count). The number of nitrogens with one attached hydrogen (secondary N) is 1. The molecule has 0 radical (unpaired) electrons. The van der Waals surface area contributed by atoms with Crippen LogP contribution in [0.15, 0.2) is 0 Å². The molecule has 0 spiro atoms. The van der Waals surface area contributed by atoms with E-state index in [1.165, 1.54) is 44.9 Å². The zero-order chi connectivity index (χ0) is 9.97. The van der Waals surface area contributed by atoms with Gasteiger partial charge in [-0.05, 0) is 38.0 Å². The molecule has 0 aromatic heterocycles. The maximum Gasteiger partial charge on any atom is 0.00988 e. The Balaban J connectivity index is 1.55. The molecule has 0 saturated heterocycles. The predicted molar refractivity (Wildman–Crippen MR) is 61.4 cm³/mol. The van der Waals surface area contributed by atoms with Crippen molar-refractivity contribution in [3.63, 3.8) is 0 Å². The van der Waals surface area contributed by atoms with Gasteiger partial charge in [-0.25, -0.2) is 0 Å². The fourth-order valence-corrected chi connectivity index (χ4v) is 2.79. The molecule has 2 fully saturated rings. The minimum atomic E-state index is 0.755. The third-order valence-electron chi connectivity index (χ3n) is 4.09. The van der Waals surface area contributed by atoms with E-state index >= 15 is 0 Å². The van der Waals surface area contributed by atoms with E-state index in [9.17, 15) is 0 Å². The summed E-state index contributed by atoms with van der Waals surface area (Å²) in [5.41, 5.74) is 0. The minimum absolute atomic E-state index is 0.755. The summed E-state index contributed by atoms with van der Waals surface area (Å²) in [6.07, 6.45) is 10.3. The highest BCUT2D eigenvalue weighted by Crippen LogP contribution is 2.31. The van der Waals surface area contributed by atoms with Gasteiger partial charge >= 0.3 is 0 Å². The molecular weight excluding hydrogens is 170 g/mol. The smallest absolute Gasteiger partial charge is 0.00988 e. The molecule has 1 nitrogen and oxygen atoms in total. The van der Waals surface area contributed by atoms with Gasteiger partial charge in [-0.15, -0.1) is 0 Å². The summed E-state index contributed by atoms with van der Waals surface area (Å²) in [6.45, 7) is 4.71. The van der Waals surface area contributed by atoms with E-state index in [2.05, 4.69) is 19.2 Å². The molecule has 0 aromatic rings. The van der Waals surface area contributed by atoms with Crippen LogP contribution in [0, 0.1) is 11.8 Å². The van der Waals surface area contributed by atoms with Crippen molar-refractivity contribution in [1.82, 2.24) is 5.32 Å². The van der Waals surface area contributed by atoms with Crippen LogP contribution in [-0.2, 0) is 0 Å². The topological polar surface area (TPSA) is 12.0 Å². The highest BCUT2D eigenvalue weighted by molar-refractivity contribution is 4.91. The molecule has 2 saturated carbocycles. The third-order valence-corrected chi connectivity index (χ3v) is 4.09. The van der Waals surface area contributed by atoms with E-state index in [1.807, 2.05) is 0 Å². The van der Waals surface area contributed by atoms with E-state index in [0.717, 1.165) is 23.9 Å². The van der Waals surface area contributed by atoms with Gasteiger partial charge in [-0.3, -0.25) is 0 Å². The average molecular weight is 195 g/mol. The summed E-state index contributed by atoms with van der Waals surface area (Å²) >= 11 is 0. The quantitative estimate of drug-likeness (QED) is 0.709. The molecule has 14 heavy (non-hydrogen) atoms. The maximum absolute atomic E-state index is 3.73. The Labute approximate surface area is 88.7 Å². The Hall–Kier alpha value is -0.0400. The van der Waals surface area contributed by atoms with Crippen LogP contribution in [0.3, 0.4) is 0 Å². The molecule has 2 aliphatic rings. The van der Waals surface area contributed by atoms with Crippen LogP contribution in [0.4, 0.5) is 0 Å². The monoisotopic (exact) mass is 195 g/mol. The fraction of sp³-hybridized carbons (Fsp3) is 1.00. The highest BCUT2D eigenvalue weighted by Gasteiger charge is 2.33. The van der Waals surface area contributed by atoms with Crippen molar-refractivity contribution >= 4 is 0 Å². The Morgan fingerprint density at radius 3 is 2.50 bits per heavy atom. The first kappa shape index (κ1) is 10.5. The highest BCUT2D eigenvalue weighted by atomic mass is 15.0. The lowest BCUT2D eigenvalue weighted by Gasteiger charge is -2.16. The lowest BCUT2D eigenvalue weighted by atomic mass is 9.99. The van der Waals surface area contributed by atoms with Crippen molar-refractivity contribution in [2.45, 2.75) is 70.9 Å². The molecule has 0 amide bonds. The number of hydrogen-bond acceptors (Lipinski definition) is 1. The number of hydrogen-bond donors (Lipinski definition) is 1. The van der Waals surface area contributed by atoms with Crippen LogP contribution in [0.2, 0.25) is 0 Å². The molecule has 1 N–H and O–H groups in total.